The molecule has 5 rings (SSSR count). The van der Waals surface area contributed by atoms with Gasteiger partial charge in [-0.1, -0.05) is 89.5 Å². The van der Waals surface area contributed by atoms with E-state index in [0.29, 0.717) is 36.9 Å². The maximum atomic E-state index is 14.0. The lowest BCUT2D eigenvalue weighted by molar-refractivity contribution is -0.138. The van der Waals surface area contributed by atoms with Gasteiger partial charge < -0.3 is 9.47 Å². The number of para-hydroxylation sites is 1. The predicted molar refractivity (Wildman–Crippen MR) is 153 cm³/mol. The predicted octanol–water partition coefficient (Wildman–Crippen LogP) is 4.60. The first-order chi connectivity index (χ1) is 19.0. The average Bonchev–Trinajstić information content (AvgIpc) is 3.27. The van der Waals surface area contributed by atoms with Crippen LogP contribution in [-0.4, -0.2) is 23.8 Å². The zero-order chi connectivity index (χ0) is 27.4. The second-order valence-corrected chi connectivity index (χ2v) is 9.96. The fourth-order valence-electron chi connectivity index (χ4n) is 4.39. The number of halogens is 1. The Labute approximate surface area is 234 Å². The highest BCUT2D eigenvalue weighted by Crippen LogP contribution is 2.35. The lowest BCUT2D eigenvalue weighted by Crippen LogP contribution is -2.40. The molecule has 3 aromatic carbocycles. The van der Waals surface area contributed by atoms with Crippen molar-refractivity contribution < 1.29 is 14.3 Å². The van der Waals surface area contributed by atoms with Gasteiger partial charge in [0.05, 0.1) is 28.5 Å². The number of nitrogens with zero attached hydrogens (tertiary/aromatic N) is 2. The first kappa shape index (κ1) is 26.2. The molecule has 8 heteroatoms. The standard InChI is InChI=1S/C31H23ClN2O4S/c1-3-18-38-24-13-9-8-12-22(24)19-25-29(35)34-28(21-14-16-23(32)17-15-21)26(30(36)37-4-2)27(33-31(34)39-25)20-10-6-5-7-11-20/h1,5-17,19,28H,4,18H2,2H3/b25-19-/t28-/m1/s1. The van der Waals surface area contributed by atoms with Crippen LogP contribution in [-0.2, 0) is 9.53 Å². The highest BCUT2D eigenvalue weighted by Gasteiger charge is 2.35. The van der Waals surface area contributed by atoms with Crippen LogP contribution in [0.25, 0.3) is 11.8 Å². The molecule has 194 valence electrons. The number of benzene rings is 3. The van der Waals surface area contributed by atoms with Gasteiger partial charge in [-0.25, -0.2) is 9.79 Å². The van der Waals surface area contributed by atoms with E-state index in [-0.39, 0.29) is 24.3 Å². The van der Waals surface area contributed by atoms with Crippen molar-refractivity contribution in [2.24, 2.45) is 4.99 Å². The van der Waals surface area contributed by atoms with Crippen LogP contribution < -0.4 is 19.6 Å². The van der Waals surface area contributed by atoms with Crippen molar-refractivity contribution in [2.45, 2.75) is 13.0 Å². The zero-order valence-electron chi connectivity index (χ0n) is 21.0. The molecule has 1 aromatic heterocycles. The van der Waals surface area contributed by atoms with Crippen molar-refractivity contribution in [3.05, 3.63) is 126 Å². The molecule has 0 unspecified atom stereocenters. The largest absolute Gasteiger partial charge is 0.480 e. The van der Waals surface area contributed by atoms with Gasteiger partial charge in [0.15, 0.2) is 4.80 Å². The molecule has 6 nitrogen and oxygen atoms in total. The number of carbonyl (C=O) groups excluding carboxylic acids is 1. The van der Waals surface area contributed by atoms with Gasteiger partial charge in [-0.3, -0.25) is 9.36 Å². The molecule has 1 atom stereocenters. The monoisotopic (exact) mass is 554 g/mol. The van der Waals surface area contributed by atoms with E-state index in [9.17, 15) is 9.59 Å². The smallest absolute Gasteiger partial charge is 0.338 e. The molecule has 1 aliphatic rings. The fraction of sp³-hybridized carbons (Fsp3) is 0.129. The molecule has 1 aliphatic heterocycles. The average molecular weight is 555 g/mol. The summed E-state index contributed by atoms with van der Waals surface area (Å²) < 4.78 is 13.1. The second-order valence-electron chi connectivity index (χ2n) is 8.51. The molecule has 2 heterocycles. The number of hydrogen-bond donors (Lipinski definition) is 0. The van der Waals surface area contributed by atoms with Gasteiger partial charge in [-0.2, -0.15) is 0 Å². The Hall–Kier alpha value is -4.38. The van der Waals surface area contributed by atoms with E-state index in [0.717, 1.165) is 5.56 Å². The summed E-state index contributed by atoms with van der Waals surface area (Å²) in [6.45, 7) is 2.02. The number of terminal acetylenes is 1. The Morgan fingerprint density at radius 3 is 2.54 bits per heavy atom. The summed E-state index contributed by atoms with van der Waals surface area (Å²) in [4.78, 5) is 32.8. The molecule has 0 spiro atoms. The van der Waals surface area contributed by atoms with Crippen molar-refractivity contribution in [1.29, 1.82) is 0 Å². The molecule has 4 aromatic rings. The summed E-state index contributed by atoms with van der Waals surface area (Å²) in [7, 11) is 0. The van der Waals surface area contributed by atoms with Crippen LogP contribution in [0.3, 0.4) is 0 Å². The van der Waals surface area contributed by atoms with Gasteiger partial charge in [0, 0.05) is 16.1 Å². The summed E-state index contributed by atoms with van der Waals surface area (Å²) >= 11 is 7.42. The Balaban J connectivity index is 1.80. The van der Waals surface area contributed by atoms with Crippen molar-refractivity contribution in [3.63, 3.8) is 0 Å². The summed E-state index contributed by atoms with van der Waals surface area (Å²) in [5.41, 5.74) is 2.59. The molecule has 0 amide bonds. The number of ether oxygens (including phenoxy) is 2. The SMILES string of the molecule is C#CCOc1ccccc1/C=c1\sc2n(c1=O)[C@H](c1ccc(Cl)cc1)C(C(=O)OCC)=C(c1ccccc1)N=2. The molecular formula is C31H23ClN2O4S. The molecule has 0 fully saturated rings. The number of esters is 1. The van der Waals surface area contributed by atoms with Gasteiger partial charge in [-0.15, -0.1) is 6.42 Å². The number of aromatic nitrogens is 1. The Kier molecular flexibility index (Phi) is 7.78. The second kappa shape index (κ2) is 11.6. The summed E-state index contributed by atoms with van der Waals surface area (Å²) in [6.07, 6.45) is 7.12. The molecule has 0 bridgehead atoms. The summed E-state index contributed by atoms with van der Waals surface area (Å²) in [6, 6.07) is 23.0. The van der Waals surface area contributed by atoms with E-state index in [1.165, 1.54) is 11.3 Å². The van der Waals surface area contributed by atoms with Crippen LogP contribution in [0.2, 0.25) is 5.02 Å². The van der Waals surface area contributed by atoms with Crippen LogP contribution in [0, 0.1) is 12.3 Å². The van der Waals surface area contributed by atoms with Crippen LogP contribution >= 0.6 is 22.9 Å². The molecule has 39 heavy (non-hydrogen) atoms. The fourth-order valence-corrected chi connectivity index (χ4v) is 5.51. The minimum absolute atomic E-state index is 0.103. The number of hydrogen-bond acceptors (Lipinski definition) is 6. The van der Waals surface area contributed by atoms with Crippen LogP contribution in [0.5, 0.6) is 5.75 Å². The normalized spacial score (nSPS) is 14.8. The topological polar surface area (TPSA) is 69.9 Å². The van der Waals surface area contributed by atoms with Crippen LogP contribution in [0.1, 0.15) is 29.7 Å². The zero-order valence-corrected chi connectivity index (χ0v) is 22.5. The van der Waals surface area contributed by atoms with Gasteiger partial charge in [0.1, 0.15) is 12.4 Å². The number of carbonyl (C=O) groups is 1. The number of thiazole rings is 1. The number of rotatable bonds is 7. The Morgan fingerprint density at radius 1 is 1.10 bits per heavy atom. The molecular weight excluding hydrogens is 532 g/mol. The van der Waals surface area contributed by atoms with Gasteiger partial charge in [-0.05, 0) is 36.8 Å². The van der Waals surface area contributed by atoms with E-state index in [1.807, 2.05) is 48.5 Å². The first-order valence-corrected chi connectivity index (χ1v) is 13.4. The number of fused-ring (bicyclic) bond motifs is 1. The maximum absolute atomic E-state index is 14.0. The minimum Gasteiger partial charge on any atom is -0.480 e. The van der Waals surface area contributed by atoms with Crippen molar-refractivity contribution in [3.8, 4) is 18.1 Å². The summed E-state index contributed by atoms with van der Waals surface area (Å²) in [5.74, 6) is 2.48. The van der Waals surface area contributed by atoms with Gasteiger partial charge in [0.2, 0.25) is 0 Å². The van der Waals surface area contributed by atoms with Crippen molar-refractivity contribution in [1.82, 2.24) is 4.57 Å². The lowest BCUT2D eigenvalue weighted by atomic mass is 9.93. The lowest BCUT2D eigenvalue weighted by Gasteiger charge is -2.25. The maximum Gasteiger partial charge on any atom is 0.338 e. The molecule has 0 saturated heterocycles. The van der Waals surface area contributed by atoms with Gasteiger partial charge in [0.25, 0.3) is 5.56 Å². The quantitative estimate of drug-likeness (QED) is 0.247. The molecule has 0 aliphatic carbocycles. The molecule has 0 N–H and O–H groups in total. The van der Waals surface area contributed by atoms with Crippen molar-refractivity contribution in [2.75, 3.05) is 13.2 Å². The van der Waals surface area contributed by atoms with E-state index < -0.39 is 12.0 Å². The van der Waals surface area contributed by atoms with E-state index in [2.05, 4.69) is 5.92 Å². The molecule has 0 radical (unpaired) electrons. The Morgan fingerprint density at radius 2 is 1.82 bits per heavy atom. The third-order valence-corrected chi connectivity index (χ3v) is 7.31. The van der Waals surface area contributed by atoms with Crippen LogP contribution in [0.15, 0.2) is 94.2 Å². The van der Waals surface area contributed by atoms with E-state index in [1.54, 1.807) is 47.9 Å². The summed E-state index contributed by atoms with van der Waals surface area (Å²) in [5, 5.41) is 0.541. The van der Waals surface area contributed by atoms with Crippen molar-refractivity contribution >= 4 is 40.7 Å². The highest BCUT2D eigenvalue weighted by molar-refractivity contribution is 7.07. The first-order valence-electron chi connectivity index (χ1n) is 12.2. The minimum atomic E-state index is -0.775. The molecule has 0 saturated carbocycles. The van der Waals surface area contributed by atoms with Crippen LogP contribution in [0.4, 0.5) is 0 Å². The van der Waals surface area contributed by atoms with E-state index in [4.69, 9.17) is 32.5 Å². The van der Waals surface area contributed by atoms with E-state index >= 15 is 0 Å². The third kappa shape index (κ3) is 5.30. The third-order valence-electron chi connectivity index (χ3n) is 6.08. The van der Waals surface area contributed by atoms with Gasteiger partial charge >= 0.3 is 5.97 Å². The Bertz CT molecular complexity index is 1780. The highest BCUT2D eigenvalue weighted by atomic mass is 35.5.